The number of piperidine rings is 1. The van der Waals surface area contributed by atoms with Crippen LogP contribution in [-0.2, 0) is 11.2 Å². The number of hydrogen-bond acceptors (Lipinski definition) is 2. The summed E-state index contributed by atoms with van der Waals surface area (Å²) < 4.78 is 0. The molecule has 1 N–H and O–H groups in total. The van der Waals surface area contributed by atoms with Crippen molar-refractivity contribution < 1.29 is 4.79 Å². The second-order valence-corrected chi connectivity index (χ2v) is 5.43. The molecule has 3 nitrogen and oxygen atoms in total. The van der Waals surface area contributed by atoms with Crippen LogP contribution in [0, 0.1) is 5.92 Å². The van der Waals surface area contributed by atoms with Gasteiger partial charge in [-0.3, -0.25) is 4.79 Å². The van der Waals surface area contributed by atoms with Gasteiger partial charge in [-0.15, -0.1) is 0 Å². The smallest absolute Gasteiger partial charge is 0.227 e. The topological polar surface area (TPSA) is 32.3 Å². The van der Waals surface area contributed by atoms with E-state index in [0.29, 0.717) is 24.3 Å². The first-order chi connectivity index (χ1) is 8.77. The molecule has 1 amide bonds. The molecule has 1 aromatic rings. The number of aryl methyl sites for hydroxylation is 1. The molecule has 1 saturated heterocycles. The molecule has 2 aliphatic heterocycles. The fourth-order valence-electron chi connectivity index (χ4n) is 3.20. The summed E-state index contributed by atoms with van der Waals surface area (Å²) in [4.78, 5) is 14.4. The molecular weight excluding hydrogens is 224 g/mol. The predicted molar refractivity (Wildman–Crippen MR) is 72.7 cm³/mol. The summed E-state index contributed by atoms with van der Waals surface area (Å²) in [6, 6.07) is 8.72. The Balaban J connectivity index is 1.97. The van der Waals surface area contributed by atoms with Gasteiger partial charge in [0.2, 0.25) is 5.91 Å². The fourth-order valence-corrected chi connectivity index (χ4v) is 3.20. The van der Waals surface area contributed by atoms with Crippen molar-refractivity contribution >= 4 is 11.6 Å². The molecule has 2 heterocycles. The van der Waals surface area contributed by atoms with E-state index < -0.39 is 0 Å². The highest BCUT2D eigenvalue weighted by atomic mass is 16.2. The lowest BCUT2D eigenvalue weighted by Crippen LogP contribution is -2.52. The van der Waals surface area contributed by atoms with Gasteiger partial charge in [-0.1, -0.05) is 25.1 Å². The second-order valence-electron chi connectivity index (χ2n) is 5.43. The minimum absolute atomic E-state index is 0.299. The van der Waals surface area contributed by atoms with Gasteiger partial charge in [-0.2, -0.15) is 0 Å². The Morgan fingerprint density at radius 1 is 1.28 bits per heavy atom. The van der Waals surface area contributed by atoms with Gasteiger partial charge in [0.05, 0.1) is 0 Å². The highest BCUT2D eigenvalue weighted by Crippen LogP contribution is 2.32. The number of hydrogen-bond donors (Lipinski definition) is 1. The number of benzene rings is 1. The summed E-state index contributed by atoms with van der Waals surface area (Å²) >= 11 is 0. The molecule has 96 valence electrons. The Hall–Kier alpha value is -1.35. The molecule has 2 unspecified atom stereocenters. The summed E-state index contributed by atoms with van der Waals surface area (Å²) in [6.45, 7) is 4.26. The van der Waals surface area contributed by atoms with Gasteiger partial charge >= 0.3 is 0 Å². The van der Waals surface area contributed by atoms with Gasteiger partial charge < -0.3 is 10.2 Å². The third kappa shape index (κ3) is 1.93. The van der Waals surface area contributed by atoms with Crippen molar-refractivity contribution in [3.8, 4) is 0 Å². The van der Waals surface area contributed by atoms with Crippen LogP contribution in [-0.4, -0.2) is 25.0 Å². The average Bonchev–Trinajstić information content (AvgIpc) is 2.40. The molecule has 0 aliphatic carbocycles. The number of carbonyl (C=O) groups excluding carboxylic acids is 1. The number of fused-ring (bicyclic) bond motifs is 1. The van der Waals surface area contributed by atoms with Crippen molar-refractivity contribution in [1.82, 2.24) is 5.32 Å². The zero-order valence-corrected chi connectivity index (χ0v) is 10.9. The average molecular weight is 244 g/mol. The summed E-state index contributed by atoms with van der Waals surface area (Å²) in [6.07, 6.45) is 2.61. The molecule has 18 heavy (non-hydrogen) atoms. The number of amides is 1. The lowest BCUT2D eigenvalue weighted by atomic mass is 9.90. The normalized spacial score (nSPS) is 28.1. The number of carbonyl (C=O) groups is 1. The van der Waals surface area contributed by atoms with Crippen LogP contribution in [0.5, 0.6) is 0 Å². The molecule has 0 radical (unpaired) electrons. The lowest BCUT2D eigenvalue weighted by molar-refractivity contribution is -0.119. The van der Waals surface area contributed by atoms with E-state index in [2.05, 4.69) is 35.3 Å². The Kier molecular flexibility index (Phi) is 3.08. The third-order valence-electron chi connectivity index (χ3n) is 4.20. The molecule has 0 bridgehead atoms. The molecular formula is C15H20N2O. The third-order valence-corrected chi connectivity index (χ3v) is 4.20. The molecule has 2 atom stereocenters. The molecule has 0 spiro atoms. The first-order valence-electron chi connectivity index (χ1n) is 6.88. The highest BCUT2D eigenvalue weighted by Gasteiger charge is 2.34. The molecule has 0 saturated carbocycles. The van der Waals surface area contributed by atoms with E-state index in [0.717, 1.165) is 31.6 Å². The maximum absolute atomic E-state index is 12.3. The zero-order chi connectivity index (χ0) is 12.5. The monoisotopic (exact) mass is 244 g/mol. The highest BCUT2D eigenvalue weighted by molar-refractivity contribution is 5.97. The molecule has 2 aliphatic rings. The van der Waals surface area contributed by atoms with Gasteiger partial charge in [-0.25, -0.2) is 0 Å². The van der Waals surface area contributed by atoms with Gasteiger partial charge in [0.25, 0.3) is 0 Å². The van der Waals surface area contributed by atoms with E-state index in [-0.39, 0.29) is 0 Å². The Morgan fingerprint density at radius 3 is 2.94 bits per heavy atom. The zero-order valence-electron chi connectivity index (χ0n) is 10.9. The van der Waals surface area contributed by atoms with E-state index in [9.17, 15) is 4.79 Å². The lowest BCUT2D eigenvalue weighted by Gasteiger charge is -2.41. The molecule has 1 fully saturated rings. The summed E-state index contributed by atoms with van der Waals surface area (Å²) in [7, 11) is 0. The van der Waals surface area contributed by atoms with Gasteiger partial charge in [0, 0.05) is 18.2 Å². The van der Waals surface area contributed by atoms with Crippen molar-refractivity contribution in [3.63, 3.8) is 0 Å². The van der Waals surface area contributed by atoms with Gasteiger partial charge in [0.1, 0.15) is 0 Å². The number of anilines is 1. The number of rotatable bonds is 1. The molecule has 3 heteroatoms. The number of para-hydroxylation sites is 1. The second kappa shape index (κ2) is 4.73. The van der Waals surface area contributed by atoms with Crippen LogP contribution < -0.4 is 10.2 Å². The largest absolute Gasteiger partial charge is 0.316 e. The van der Waals surface area contributed by atoms with Crippen molar-refractivity contribution in [1.29, 1.82) is 0 Å². The quantitative estimate of drug-likeness (QED) is 0.819. The minimum Gasteiger partial charge on any atom is -0.316 e. The maximum Gasteiger partial charge on any atom is 0.227 e. The van der Waals surface area contributed by atoms with Crippen molar-refractivity contribution in [2.75, 3.05) is 18.0 Å². The van der Waals surface area contributed by atoms with Crippen molar-refractivity contribution in [3.05, 3.63) is 29.8 Å². The van der Waals surface area contributed by atoms with Crippen LogP contribution >= 0.6 is 0 Å². The minimum atomic E-state index is 0.299. The maximum atomic E-state index is 12.3. The van der Waals surface area contributed by atoms with E-state index >= 15 is 0 Å². The van der Waals surface area contributed by atoms with Crippen LogP contribution in [0.2, 0.25) is 0 Å². The first-order valence-corrected chi connectivity index (χ1v) is 6.88. The number of nitrogens with one attached hydrogen (secondary N) is 1. The standard InChI is InChI=1S/C15H20N2O/c1-11-10-16-9-8-13(11)17-14-5-3-2-4-12(14)6-7-15(17)18/h2-5,11,13,16H,6-10H2,1H3. The number of nitrogens with zero attached hydrogens (tertiary/aromatic N) is 1. The van der Waals surface area contributed by atoms with E-state index in [1.807, 2.05) is 6.07 Å². The molecule has 1 aromatic carbocycles. The van der Waals surface area contributed by atoms with Crippen LogP contribution in [0.1, 0.15) is 25.3 Å². The van der Waals surface area contributed by atoms with E-state index in [4.69, 9.17) is 0 Å². The molecule has 0 aromatic heterocycles. The van der Waals surface area contributed by atoms with Gasteiger partial charge in [0.15, 0.2) is 0 Å². The fraction of sp³-hybridized carbons (Fsp3) is 0.533. The van der Waals surface area contributed by atoms with Crippen molar-refractivity contribution in [2.45, 2.75) is 32.2 Å². The summed E-state index contributed by atoms with van der Waals surface area (Å²) in [5, 5.41) is 3.40. The summed E-state index contributed by atoms with van der Waals surface area (Å²) in [5.41, 5.74) is 2.47. The van der Waals surface area contributed by atoms with Gasteiger partial charge in [-0.05, 0) is 43.5 Å². The Labute approximate surface area is 108 Å². The van der Waals surface area contributed by atoms with E-state index in [1.54, 1.807) is 0 Å². The van der Waals surface area contributed by atoms with Crippen LogP contribution in [0.25, 0.3) is 0 Å². The van der Waals surface area contributed by atoms with E-state index in [1.165, 1.54) is 5.56 Å². The van der Waals surface area contributed by atoms with Crippen LogP contribution in [0.15, 0.2) is 24.3 Å². The first kappa shape index (κ1) is 11.7. The van der Waals surface area contributed by atoms with Crippen LogP contribution in [0.4, 0.5) is 5.69 Å². The Morgan fingerprint density at radius 2 is 2.11 bits per heavy atom. The SMILES string of the molecule is CC1CNCCC1N1C(=O)CCc2ccccc21. The predicted octanol–water partition coefficient (Wildman–Crippen LogP) is 1.96. The summed E-state index contributed by atoms with van der Waals surface area (Å²) in [5.74, 6) is 0.821. The Bertz CT molecular complexity index is 458. The molecule has 3 rings (SSSR count). The van der Waals surface area contributed by atoms with Crippen molar-refractivity contribution in [2.24, 2.45) is 5.92 Å². The van der Waals surface area contributed by atoms with Crippen LogP contribution in [0.3, 0.4) is 0 Å².